The number of hydrogen-bond acceptors (Lipinski definition) is 0. The molecule has 0 saturated carbocycles. The van der Waals surface area contributed by atoms with E-state index >= 15 is 0 Å². The summed E-state index contributed by atoms with van der Waals surface area (Å²) in [6.07, 6.45) is 4.34. The molecular weight excluding hydrogens is 306 g/mol. The summed E-state index contributed by atoms with van der Waals surface area (Å²) in [5, 5.41) is 0. The van der Waals surface area contributed by atoms with E-state index < -0.39 is 0 Å². The van der Waals surface area contributed by atoms with Crippen LogP contribution in [0, 0.1) is 27.7 Å². The Hall–Kier alpha value is -2.42. The van der Waals surface area contributed by atoms with Crippen molar-refractivity contribution >= 4 is 0 Å². The van der Waals surface area contributed by atoms with Crippen LogP contribution in [-0.2, 0) is 7.05 Å². The van der Waals surface area contributed by atoms with Crippen LogP contribution in [0.5, 0.6) is 0 Å². The molecule has 2 aromatic heterocycles. The monoisotopic (exact) mass is 335 g/mol. The minimum Gasteiger partial charge on any atom is -0.164 e. The van der Waals surface area contributed by atoms with Crippen LogP contribution in [0.3, 0.4) is 0 Å². The molecule has 0 radical (unpaired) electrons. The molecular formula is C22H29N3+2. The third-order valence-corrected chi connectivity index (χ3v) is 5.10. The predicted octanol–water partition coefficient (Wildman–Crippen LogP) is 4.07. The molecule has 0 unspecified atom stereocenters. The number of benzene rings is 1. The molecule has 0 saturated heterocycles. The number of rotatable bonds is 3. The molecule has 3 rings (SSSR count). The van der Waals surface area contributed by atoms with Crippen molar-refractivity contribution in [2.75, 3.05) is 0 Å². The SMILES string of the molecule is Cc1cc(C)c(-[n+]2ccccc2C)c(C)c1-c1cc[n+](C(C)C)n1C. The highest BCUT2D eigenvalue weighted by atomic mass is 15.4. The lowest BCUT2D eigenvalue weighted by Crippen LogP contribution is -2.43. The molecule has 0 N–H and O–H groups in total. The summed E-state index contributed by atoms with van der Waals surface area (Å²) in [7, 11) is 2.15. The van der Waals surface area contributed by atoms with E-state index in [-0.39, 0.29) is 0 Å². The normalized spacial score (nSPS) is 11.4. The first-order valence-corrected chi connectivity index (χ1v) is 8.99. The van der Waals surface area contributed by atoms with E-state index in [2.05, 4.69) is 105 Å². The Kier molecular flexibility index (Phi) is 4.51. The van der Waals surface area contributed by atoms with Crippen LogP contribution in [0.15, 0.2) is 42.7 Å². The van der Waals surface area contributed by atoms with E-state index in [1.807, 2.05) is 0 Å². The van der Waals surface area contributed by atoms with Gasteiger partial charge in [-0.15, -0.1) is 4.68 Å². The van der Waals surface area contributed by atoms with E-state index in [1.54, 1.807) is 0 Å². The van der Waals surface area contributed by atoms with Crippen LogP contribution in [0.1, 0.15) is 42.3 Å². The van der Waals surface area contributed by atoms with Crippen LogP contribution in [-0.4, -0.2) is 4.68 Å². The van der Waals surface area contributed by atoms with Gasteiger partial charge in [0.1, 0.15) is 5.69 Å². The van der Waals surface area contributed by atoms with Crippen LogP contribution >= 0.6 is 0 Å². The Morgan fingerprint density at radius 3 is 2.24 bits per heavy atom. The van der Waals surface area contributed by atoms with Gasteiger partial charge in [-0.3, -0.25) is 0 Å². The third-order valence-electron chi connectivity index (χ3n) is 5.10. The van der Waals surface area contributed by atoms with Crippen LogP contribution < -0.4 is 9.25 Å². The van der Waals surface area contributed by atoms with Crippen molar-refractivity contribution in [3.05, 3.63) is 65.1 Å². The number of pyridine rings is 1. The Morgan fingerprint density at radius 1 is 0.920 bits per heavy atom. The fraction of sp³-hybridized carbons (Fsp3) is 0.364. The zero-order chi connectivity index (χ0) is 18.3. The Morgan fingerprint density at radius 2 is 1.64 bits per heavy atom. The van der Waals surface area contributed by atoms with Crippen LogP contribution in [0.4, 0.5) is 0 Å². The molecule has 3 aromatic rings. The van der Waals surface area contributed by atoms with Gasteiger partial charge in [-0.25, -0.2) is 0 Å². The van der Waals surface area contributed by atoms with Crippen LogP contribution in [0.25, 0.3) is 16.9 Å². The molecule has 0 amide bonds. The minimum atomic E-state index is 0.440. The summed E-state index contributed by atoms with van der Waals surface area (Å²) in [5.74, 6) is 0. The second kappa shape index (κ2) is 6.47. The first kappa shape index (κ1) is 17.4. The summed E-state index contributed by atoms with van der Waals surface area (Å²) in [6, 6.07) is 11.3. The van der Waals surface area contributed by atoms with Gasteiger partial charge in [-0.05, 0) is 46.2 Å². The second-order valence-electron chi connectivity index (χ2n) is 7.27. The number of nitrogens with zero attached hydrogens (tertiary/aromatic N) is 3. The highest BCUT2D eigenvalue weighted by Crippen LogP contribution is 2.31. The van der Waals surface area contributed by atoms with Gasteiger partial charge in [0.05, 0.1) is 7.05 Å². The van der Waals surface area contributed by atoms with Gasteiger partial charge in [0.2, 0.25) is 5.69 Å². The quantitative estimate of drug-likeness (QED) is 0.640. The van der Waals surface area contributed by atoms with Crippen molar-refractivity contribution < 1.29 is 9.25 Å². The summed E-state index contributed by atoms with van der Waals surface area (Å²) in [6.45, 7) is 13.3. The second-order valence-corrected chi connectivity index (χ2v) is 7.27. The van der Waals surface area contributed by atoms with Crippen LogP contribution in [0.2, 0.25) is 0 Å². The van der Waals surface area contributed by atoms with E-state index in [0.717, 1.165) is 0 Å². The molecule has 130 valence electrons. The molecule has 0 fully saturated rings. The molecule has 0 atom stereocenters. The molecule has 3 heteroatoms. The summed E-state index contributed by atoms with van der Waals surface area (Å²) in [4.78, 5) is 0. The lowest BCUT2D eigenvalue weighted by Gasteiger charge is -2.14. The molecule has 0 aliphatic heterocycles. The fourth-order valence-electron chi connectivity index (χ4n) is 3.96. The standard InChI is InChI=1S/C22H29N3/c1-15(2)25-13-11-20(23(25)7)21-16(3)14-17(4)22(19(21)6)24-12-9-8-10-18(24)5/h8-15H,1-7H3/q+2. The molecule has 0 aliphatic carbocycles. The van der Waals surface area contributed by atoms with Crippen molar-refractivity contribution in [3.63, 3.8) is 0 Å². The summed E-state index contributed by atoms with van der Waals surface area (Å²) in [5.41, 5.74) is 9.09. The minimum absolute atomic E-state index is 0.440. The maximum atomic E-state index is 2.31. The van der Waals surface area contributed by atoms with Crippen molar-refractivity contribution in [1.82, 2.24) is 4.68 Å². The Balaban J connectivity index is 2.30. The van der Waals surface area contributed by atoms with Crippen molar-refractivity contribution in [2.45, 2.75) is 47.6 Å². The van der Waals surface area contributed by atoms with Crippen molar-refractivity contribution in [3.8, 4) is 16.9 Å². The zero-order valence-electron chi connectivity index (χ0n) is 16.5. The average Bonchev–Trinajstić information content (AvgIpc) is 2.90. The topological polar surface area (TPSA) is 12.7 Å². The van der Waals surface area contributed by atoms with Gasteiger partial charge in [-0.1, -0.05) is 6.07 Å². The largest absolute Gasteiger partial charge is 0.217 e. The number of aryl methyl sites for hydroxylation is 3. The summed E-state index contributed by atoms with van der Waals surface area (Å²) < 4.78 is 6.84. The first-order valence-electron chi connectivity index (χ1n) is 8.99. The van der Waals surface area contributed by atoms with Crippen molar-refractivity contribution in [1.29, 1.82) is 0 Å². The maximum absolute atomic E-state index is 2.31. The molecule has 25 heavy (non-hydrogen) atoms. The molecule has 2 heterocycles. The predicted molar refractivity (Wildman–Crippen MR) is 102 cm³/mol. The maximum Gasteiger partial charge on any atom is 0.217 e. The zero-order valence-corrected chi connectivity index (χ0v) is 16.5. The molecule has 0 spiro atoms. The average molecular weight is 335 g/mol. The van der Waals surface area contributed by atoms with E-state index in [0.29, 0.717) is 6.04 Å². The van der Waals surface area contributed by atoms with Gasteiger partial charge in [0.25, 0.3) is 0 Å². The lowest BCUT2D eigenvalue weighted by atomic mass is 9.94. The van der Waals surface area contributed by atoms with Gasteiger partial charge in [0, 0.05) is 41.8 Å². The summed E-state index contributed by atoms with van der Waals surface area (Å²) >= 11 is 0. The number of hydrogen-bond donors (Lipinski definition) is 0. The van der Waals surface area contributed by atoms with E-state index in [1.165, 1.54) is 39.3 Å². The highest BCUT2D eigenvalue weighted by Gasteiger charge is 2.25. The molecule has 0 aliphatic rings. The highest BCUT2D eigenvalue weighted by molar-refractivity contribution is 5.71. The third kappa shape index (κ3) is 2.88. The van der Waals surface area contributed by atoms with Gasteiger partial charge in [0.15, 0.2) is 24.1 Å². The van der Waals surface area contributed by atoms with Gasteiger partial charge < -0.3 is 0 Å². The Labute approximate surface area is 151 Å². The molecule has 3 nitrogen and oxygen atoms in total. The first-order chi connectivity index (χ1) is 11.8. The lowest BCUT2D eigenvalue weighted by molar-refractivity contribution is -0.789. The van der Waals surface area contributed by atoms with Gasteiger partial charge in [-0.2, -0.15) is 9.25 Å². The molecule has 1 aromatic carbocycles. The van der Waals surface area contributed by atoms with Crippen molar-refractivity contribution in [2.24, 2.45) is 7.05 Å². The number of aromatic nitrogens is 3. The fourth-order valence-corrected chi connectivity index (χ4v) is 3.96. The molecule has 0 bridgehead atoms. The van der Waals surface area contributed by atoms with E-state index in [9.17, 15) is 0 Å². The van der Waals surface area contributed by atoms with Gasteiger partial charge >= 0.3 is 0 Å². The smallest absolute Gasteiger partial charge is 0.164 e. The van der Waals surface area contributed by atoms with E-state index in [4.69, 9.17) is 0 Å². The Bertz CT molecular complexity index is 933.